The number of amides is 1. The first kappa shape index (κ1) is 28.5. The summed E-state index contributed by atoms with van der Waals surface area (Å²) in [6, 6.07) is 6.92. The van der Waals surface area contributed by atoms with Crippen molar-refractivity contribution in [1.29, 1.82) is 5.26 Å². The van der Waals surface area contributed by atoms with E-state index in [2.05, 4.69) is 27.0 Å². The number of rotatable bonds is 4. The first-order chi connectivity index (χ1) is 18.9. The first-order valence-electron chi connectivity index (χ1n) is 11.8. The fourth-order valence-corrected chi connectivity index (χ4v) is 4.47. The Morgan fingerprint density at radius 2 is 2.00 bits per heavy atom. The molecule has 9 nitrogen and oxygen atoms in total. The van der Waals surface area contributed by atoms with Crippen molar-refractivity contribution in [2.75, 3.05) is 28.6 Å². The predicted molar refractivity (Wildman–Crippen MR) is 140 cm³/mol. The lowest BCUT2D eigenvalue weighted by molar-refractivity contribution is -0.137. The van der Waals surface area contributed by atoms with Crippen molar-refractivity contribution in [3.05, 3.63) is 69.8 Å². The molecule has 1 aromatic carbocycles. The predicted octanol–water partition coefficient (Wildman–Crippen LogP) is 3.44. The molecule has 0 radical (unpaired) electrons. The summed E-state index contributed by atoms with van der Waals surface area (Å²) in [4.78, 5) is 20.7. The Hall–Kier alpha value is -4.46. The van der Waals surface area contributed by atoms with Gasteiger partial charge >= 0.3 is 6.18 Å². The molecule has 0 aliphatic carbocycles. The Morgan fingerprint density at radius 3 is 2.62 bits per heavy atom. The van der Waals surface area contributed by atoms with Gasteiger partial charge in [-0.05, 0) is 55.7 Å². The largest absolute Gasteiger partial charge is 0.417 e. The van der Waals surface area contributed by atoms with Gasteiger partial charge in [-0.25, -0.2) is 9.37 Å². The number of aromatic nitrogens is 3. The molecule has 0 bridgehead atoms. The van der Waals surface area contributed by atoms with Gasteiger partial charge < -0.3 is 16.4 Å². The third-order valence-corrected chi connectivity index (χ3v) is 6.42. The molecule has 0 unspecified atom stereocenters. The second kappa shape index (κ2) is 11.3. The van der Waals surface area contributed by atoms with Crippen LogP contribution in [0.15, 0.2) is 36.4 Å². The number of halogens is 5. The Labute approximate surface area is 231 Å². The summed E-state index contributed by atoms with van der Waals surface area (Å²) in [7, 11) is 0. The molecule has 1 fully saturated rings. The van der Waals surface area contributed by atoms with Gasteiger partial charge in [-0.2, -0.15) is 18.4 Å². The van der Waals surface area contributed by atoms with Gasteiger partial charge in [0.15, 0.2) is 0 Å². The number of aryl methyl sites for hydroxylation is 1. The zero-order chi connectivity index (χ0) is 29.2. The van der Waals surface area contributed by atoms with Crippen LogP contribution in [-0.4, -0.2) is 46.3 Å². The Morgan fingerprint density at radius 1 is 1.25 bits per heavy atom. The Balaban J connectivity index is 1.77. The van der Waals surface area contributed by atoms with Gasteiger partial charge in [0.2, 0.25) is 0 Å². The van der Waals surface area contributed by atoms with Crippen LogP contribution in [0.1, 0.15) is 28.9 Å². The van der Waals surface area contributed by atoms with Crippen LogP contribution in [-0.2, 0) is 11.0 Å². The summed E-state index contributed by atoms with van der Waals surface area (Å²) < 4.78 is 55.2. The smallest absolute Gasteiger partial charge is 0.382 e. The van der Waals surface area contributed by atoms with Gasteiger partial charge in [0.25, 0.3) is 5.91 Å². The van der Waals surface area contributed by atoms with Crippen molar-refractivity contribution < 1.29 is 22.4 Å². The maximum absolute atomic E-state index is 14.0. The highest BCUT2D eigenvalue weighted by Gasteiger charge is 2.44. The van der Waals surface area contributed by atoms with Crippen LogP contribution in [0, 0.1) is 35.9 Å². The van der Waals surface area contributed by atoms with Crippen molar-refractivity contribution in [2.24, 2.45) is 5.73 Å². The number of nitrogens with two attached hydrogens (primary N) is 2. The molecule has 2 atom stereocenters. The van der Waals surface area contributed by atoms with Crippen molar-refractivity contribution in [1.82, 2.24) is 15.2 Å². The number of carbonyl (C=O) groups is 1. The van der Waals surface area contributed by atoms with Crippen LogP contribution < -0.4 is 21.3 Å². The molecule has 4 rings (SSSR count). The quantitative estimate of drug-likeness (QED) is 0.358. The molecule has 2 aromatic heterocycles. The third kappa shape index (κ3) is 5.91. The molecule has 1 aliphatic rings. The van der Waals surface area contributed by atoms with Gasteiger partial charge in [-0.1, -0.05) is 17.5 Å². The van der Waals surface area contributed by atoms with E-state index in [9.17, 15) is 27.6 Å². The van der Waals surface area contributed by atoms with E-state index in [0.29, 0.717) is 0 Å². The third-order valence-electron chi connectivity index (χ3n) is 6.14. The molecule has 3 aromatic rings. The highest BCUT2D eigenvalue weighted by atomic mass is 35.5. The topological polar surface area (TPSA) is 138 Å². The molecule has 14 heteroatoms. The average molecular weight is 573 g/mol. The van der Waals surface area contributed by atoms with Gasteiger partial charge in [-0.15, -0.1) is 10.2 Å². The molecule has 1 amide bonds. The van der Waals surface area contributed by atoms with Crippen molar-refractivity contribution in [3.8, 4) is 17.9 Å². The number of benzene rings is 1. The van der Waals surface area contributed by atoms with Crippen LogP contribution in [0.25, 0.3) is 0 Å². The van der Waals surface area contributed by atoms with Crippen molar-refractivity contribution >= 4 is 34.8 Å². The van der Waals surface area contributed by atoms with Crippen molar-refractivity contribution in [2.45, 2.75) is 31.6 Å². The lowest BCUT2D eigenvalue weighted by Crippen LogP contribution is -2.53. The normalized spacial score (nSPS) is 16.7. The maximum atomic E-state index is 14.0. The minimum Gasteiger partial charge on any atom is -0.382 e. The molecule has 0 spiro atoms. The number of carbonyl (C=O) groups excluding carboxylic acids is 1. The van der Waals surface area contributed by atoms with Gasteiger partial charge in [0.1, 0.15) is 40.8 Å². The van der Waals surface area contributed by atoms with Gasteiger partial charge in [0, 0.05) is 24.0 Å². The number of hydrogen-bond donors (Lipinski definition) is 2. The zero-order valence-electron chi connectivity index (χ0n) is 20.9. The number of nitriles is 1. The van der Waals surface area contributed by atoms with Crippen molar-refractivity contribution in [3.63, 3.8) is 0 Å². The van der Waals surface area contributed by atoms with E-state index < -0.39 is 41.1 Å². The number of nitrogen functional groups attached to an aromatic ring is 1. The number of pyridine rings is 1. The van der Waals surface area contributed by atoms with E-state index in [4.69, 9.17) is 23.1 Å². The number of hydrogen-bond acceptors (Lipinski definition) is 8. The molecule has 206 valence electrons. The van der Waals surface area contributed by atoms with E-state index in [1.807, 2.05) is 0 Å². The lowest BCUT2D eigenvalue weighted by atomic mass is 10.1. The Kier molecular flexibility index (Phi) is 8.09. The SMILES string of the molecule is Cc1cc(C(F)(F)F)c(C#N)c(N2CC[C@@H](N)[C@H]2C(=O)N(CC#Cc2ccc(N)nn2)c2ccc(F)c(Cl)c2)n1. The monoisotopic (exact) mass is 572 g/mol. The summed E-state index contributed by atoms with van der Waals surface area (Å²) in [5, 5.41) is 16.9. The van der Waals surface area contributed by atoms with Crippen LogP contribution in [0.5, 0.6) is 0 Å². The van der Waals surface area contributed by atoms with Crippen LogP contribution >= 0.6 is 11.6 Å². The van der Waals surface area contributed by atoms with E-state index >= 15 is 0 Å². The zero-order valence-corrected chi connectivity index (χ0v) is 21.6. The molecule has 3 heterocycles. The van der Waals surface area contributed by atoms with Crippen LogP contribution in [0.2, 0.25) is 5.02 Å². The minimum atomic E-state index is -4.83. The Bertz CT molecular complexity index is 1550. The maximum Gasteiger partial charge on any atom is 0.417 e. The summed E-state index contributed by atoms with van der Waals surface area (Å²) in [5.41, 5.74) is 10.4. The number of nitrogens with zero attached hydrogens (tertiary/aromatic N) is 6. The summed E-state index contributed by atoms with van der Waals surface area (Å²) in [5.74, 6) is 4.03. The average Bonchev–Trinajstić information content (AvgIpc) is 3.29. The second-order valence-corrected chi connectivity index (χ2v) is 9.29. The molecule has 1 saturated heterocycles. The summed E-state index contributed by atoms with van der Waals surface area (Å²) in [6.07, 6.45) is -4.60. The van der Waals surface area contributed by atoms with E-state index in [1.165, 1.54) is 41.0 Å². The first-order valence-corrected chi connectivity index (χ1v) is 12.1. The molecular weight excluding hydrogens is 552 g/mol. The molecule has 1 aliphatic heterocycles. The van der Waals surface area contributed by atoms with E-state index in [-0.39, 0.29) is 53.2 Å². The fraction of sp³-hybridized carbons (Fsp3) is 0.269. The summed E-state index contributed by atoms with van der Waals surface area (Å²) >= 11 is 5.97. The molecule has 4 N–H and O–H groups in total. The highest BCUT2D eigenvalue weighted by molar-refractivity contribution is 6.31. The highest BCUT2D eigenvalue weighted by Crippen LogP contribution is 2.38. The number of anilines is 3. The van der Waals surface area contributed by atoms with Gasteiger partial charge in [0.05, 0.1) is 17.1 Å². The fourth-order valence-electron chi connectivity index (χ4n) is 4.30. The molecule has 0 saturated carbocycles. The lowest BCUT2D eigenvalue weighted by Gasteiger charge is -2.32. The summed E-state index contributed by atoms with van der Waals surface area (Å²) in [6.45, 7) is 1.17. The van der Waals surface area contributed by atoms with Crippen LogP contribution in [0.4, 0.5) is 34.9 Å². The molecular formula is C26H21ClF4N8O. The number of alkyl halides is 3. The molecule has 40 heavy (non-hydrogen) atoms. The minimum absolute atomic E-state index is 0.00522. The second-order valence-electron chi connectivity index (χ2n) is 8.88. The van der Waals surface area contributed by atoms with E-state index in [1.54, 1.807) is 6.07 Å². The standard InChI is InChI=1S/C26H21ClF4N8O/c1-14-11-18(26(29,30)31)17(13-32)24(35-14)39-10-8-21(33)23(39)25(40)38(16-5-6-20(28)19(27)12-16)9-2-3-15-4-7-22(34)37-36-15/h4-7,11-12,21,23H,8-10,33H2,1H3,(H2,34,37)/t21-,23+/m1/s1. The van der Waals surface area contributed by atoms with E-state index in [0.717, 1.165) is 12.1 Å². The van der Waals surface area contributed by atoms with Crippen LogP contribution in [0.3, 0.4) is 0 Å². The van der Waals surface area contributed by atoms with Gasteiger partial charge in [-0.3, -0.25) is 9.69 Å².